The van der Waals surface area contributed by atoms with E-state index in [1.807, 2.05) is 0 Å². The molecule has 0 radical (unpaired) electrons. The molecule has 1 aliphatic carbocycles. The van der Waals surface area contributed by atoms with Gasteiger partial charge in [0.1, 0.15) is 5.00 Å². The summed E-state index contributed by atoms with van der Waals surface area (Å²) in [5.41, 5.74) is 6.64. The monoisotopic (exact) mass is 336 g/mol. The number of amides is 1. The van der Waals surface area contributed by atoms with Crippen molar-refractivity contribution in [1.29, 1.82) is 0 Å². The number of hydrogen-bond donors (Lipinski definition) is 2. The number of alkyl halides is 1. The van der Waals surface area contributed by atoms with Gasteiger partial charge in [-0.1, -0.05) is 6.92 Å². The van der Waals surface area contributed by atoms with Crippen LogP contribution in [0.5, 0.6) is 0 Å². The average Bonchev–Trinajstić information content (AvgIpc) is 2.86. The van der Waals surface area contributed by atoms with Crippen LogP contribution in [-0.4, -0.2) is 26.0 Å². The van der Waals surface area contributed by atoms with E-state index in [0.717, 1.165) is 29.7 Å². The second-order valence-corrected chi connectivity index (χ2v) is 8.25. The molecule has 0 fully saturated rings. The molecule has 2 rings (SSSR count). The van der Waals surface area contributed by atoms with Crippen molar-refractivity contribution in [2.75, 3.05) is 16.4 Å². The normalized spacial score (nSPS) is 15.9. The summed E-state index contributed by atoms with van der Waals surface area (Å²) < 4.78 is 26.6. The Morgan fingerprint density at radius 1 is 1.50 bits per heavy atom. The lowest BCUT2D eigenvalue weighted by Gasteiger charge is -2.11. The number of rotatable bonds is 6. The number of nitrogens with one attached hydrogen (secondary N) is 1. The Bertz CT molecular complexity index is 625. The van der Waals surface area contributed by atoms with E-state index in [1.165, 1.54) is 11.3 Å². The fraction of sp³-hybridized carbons (Fsp3) is 0.583. The standard InChI is InChI=1S/C12H17ClN2O3S2/c1-7(5-13)6-20(17,18)15-12-10(11(14)16)8-3-2-4-9(8)19-12/h7,15H,2-6H2,1H3,(H2,14,16). The number of halogens is 1. The Kier molecular flexibility index (Phi) is 4.61. The van der Waals surface area contributed by atoms with Gasteiger partial charge in [0.25, 0.3) is 5.91 Å². The molecule has 112 valence electrons. The highest BCUT2D eigenvalue weighted by Gasteiger charge is 2.27. The first-order chi connectivity index (χ1) is 9.34. The predicted molar refractivity (Wildman–Crippen MR) is 82.2 cm³/mol. The summed E-state index contributed by atoms with van der Waals surface area (Å²) in [6.07, 6.45) is 2.64. The van der Waals surface area contributed by atoms with Crippen molar-refractivity contribution >= 4 is 43.9 Å². The smallest absolute Gasteiger partial charge is 0.252 e. The Balaban J connectivity index is 2.28. The number of nitrogens with two attached hydrogens (primary N) is 1. The van der Waals surface area contributed by atoms with Gasteiger partial charge >= 0.3 is 0 Å². The summed E-state index contributed by atoms with van der Waals surface area (Å²) in [5.74, 6) is -0.535. The molecule has 8 heteroatoms. The van der Waals surface area contributed by atoms with Crippen LogP contribution in [0, 0.1) is 5.92 Å². The summed E-state index contributed by atoms with van der Waals surface area (Å²) in [5, 5.41) is 0.351. The van der Waals surface area contributed by atoms with Crippen molar-refractivity contribution in [3.8, 4) is 0 Å². The molecule has 0 saturated heterocycles. The zero-order valence-electron chi connectivity index (χ0n) is 11.1. The third-order valence-corrected chi connectivity index (χ3v) is 6.57. The molecular formula is C12H17ClN2O3S2. The van der Waals surface area contributed by atoms with Crippen molar-refractivity contribution in [3.05, 3.63) is 16.0 Å². The summed E-state index contributed by atoms with van der Waals surface area (Å²) in [7, 11) is -3.52. The van der Waals surface area contributed by atoms with Gasteiger partial charge in [0.15, 0.2) is 0 Å². The fourth-order valence-electron chi connectivity index (χ4n) is 2.34. The van der Waals surface area contributed by atoms with Gasteiger partial charge in [-0.25, -0.2) is 8.42 Å². The molecule has 1 aliphatic rings. The minimum atomic E-state index is -3.52. The highest BCUT2D eigenvalue weighted by Crippen LogP contribution is 2.39. The quantitative estimate of drug-likeness (QED) is 0.778. The largest absolute Gasteiger partial charge is 0.365 e. The molecule has 1 aromatic heterocycles. The van der Waals surface area contributed by atoms with Gasteiger partial charge in [0.2, 0.25) is 10.0 Å². The number of sulfonamides is 1. The SMILES string of the molecule is CC(CCl)CS(=O)(=O)Nc1sc2c(c1C(N)=O)CCC2. The molecule has 5 nitrogen and oxygen atoms in total. The summed E-state index contributed by atoms with van der Waals surface area (Å²) >= 11 is 6.95. The molecule has 0 bridgehead atoms. The van der Waals surface area contributed by atoms with E-state index < -0.39 is 15.9 Å². The average molecular weight is 337 g/mol. The van der Waals surface area contributed by atoms with Crippen LogP contribution in [0.4, 0.5) is 5.00 Å². The molecule has 20 heavy (non-hydrogen) atoms. The topological polar surface area (TPSA) is 89.3 Å². The van der Waals surface area contributed by atoms with Gasteiger partial charge in [0, 0.05) is 10.8 Å². The van der Waals surface area contributed by atoms with Gasteiger partial charge in [-0.05, 0) is 30.7 Å². The minimum absolute atomic E-state index is 0.0722. The first-order valence-corrected chi connectivity index (χ1v) is 9.35. The highest BCUT2D eigenvalue weighted by atomic mass is 35.5. The van der Waals surface area contributed by atoms with E-state index in [1.54, 1.807) is 6.92 Å². The summed E-state index contributed by atoms with van der Waals surface area (Å²) in [6, 6.07) is 0. The van der Waals surface area contributed by atoms with E-state index in [9.17, 15) is 13.2 Å². The lowest BCUT2D eigenvalue weighted by atomic mass is 10.1. The molecule has 0 aliphatic heterocycles. The molecular weight excluding hydrogens is 320 g/mol. The van der Waals surface area contributed by atoms with Gasteiger partial charge in [0.05, 0.1) is 11.3 Å². The Hall–Kier alpha value is -0.790. The number of fused-ring (bicyclic) bond motifs is 1. The number of primary amides is 1. The first kappa shape index (κ1) is 15.6. The Labute approximate surface area is 127 Å². The Morgan fingerprint density at radius 2 is 2.20 bits per heavy atom. The van der Waals surface area contributed by atoms with Crippen LogP contribution in [0.25, 0.3) is 0 Å². The van der Waals surface area contributed by atoms with Gasteiger partial charge < -0.3 is 5.73 Å². The van der Waals surface area contributed by atoms with Gasteiger partial charge in [-0.15, -0.1) is 22.9 Å². The lowest BCUT2D eigenvalue weighted by molar-refractivity contribution is 0.100. The van der Waals surface area contributed by atoms with Crippen LogP contribution in [-0.2, 0) is 22.9 Å². The molecule has 1 aromatic rings. The van der Waals surface area contributed by atoms with Crippen LogP contribution >= 0.6 is 22.9 Å². The van der Waals surface area contributed by atoms with E-state index in [-0.39, 0.29) is 17.6 Å². The molecule has 1 amide bonds. The molecule has 0 aromatic carbocycles. The minimum Gasteiger partial charge on any atom is -0.365 e. The third-order valence-electron chi connectivity index (χ3n) is 3.18. The number of anilines is 1. The number of carbonyl (C=O) groups excluding carboxylic acids is 1. The van der Waals surface area contributed by atoms with Crippen LogP contribution in [0.1, 0.15) is 34.1 Å². The van der Waals surface area contributed by atoms with Gasteiger partial charge in [-0.2, -0.15) is 0 Å². The molecule has 1 heterocycles. The molecule has 0 spiro atoms. The van der Waals surface area contributed by atoms with Gasteiger partial charge in [-0.3, -0.25) is 9.52 Å². The van der Waals surface area contributed by atoms with E-state index in [4.69, 9.17) is 17.3 Å². The van der Waals surface area contributed by atoms with Crippen LogP contribution in [0.15, 0.2) is 0 Å². The number of aryl methyl sites for hydroxylation is 1. The molecule has 3 N–H and O–H groups in total. The van der Waals surface area contributed by atoms with Crippen molar-refractivity contribution < 1.29 is 13.2 Å². The van der Waals surface area contributed by atoms with E-state index in [0.29, 0.717) is 10.6 Å². The highest BCUT2D eigenvalue weighted by molar-refractivity contribution is 7.92. The maximum Gasteiger partial charge on any atom is 0.252 e. The molecule has 0 saturated carbocycles. The molecule has 1 unspecified atom stereocenters. The predicted octanol–water partition coefficient (Wildman–Crippen LogP) is 1.95. The van der Waals surface area contributed by atoms with Crippen molar-refractivity contribution in [2.45, 2.75) is 26.2 Å². The molecule has 1 atom stereocenters. The van der Waals surface area contributed by atoms with Crippen molar-refractivity contribution in [2.24, 2.45) is 11.7 Å². The second kappa shape index (κ2) is 5.91. The zero-order chi connectivity index (χ0) is 14.9. The summed E-state index contributed by atoms with van der Waals surface area (Å²) in [6.45, 7) is 1.76. The van der Waals surface area contributed by atoms with Crippen LogP contribution in [0.3, 0.4) is 0 Å². The zero-order valence-corrected chi connectivity index (χ0v) is 13.5. The summed E-state index contributed by atoms with van der Waals surface area (Å²) in [4.78, 5) is 12.6. The van der Waals surface area contributed by atoms with E-state index in [2.05, 4.69) is 4.72 Å². The first-order valence-electron chi connectivity index (χ1n) is 6.35. The van der Waals surface area contributed by atoms with Crippen molar-refractivity contribution in [1.82, 2.24) is 0 Å². The maximum atomic E-state index is 12.1. The fourth-order valence-corrected chi connectivity index (χ4v) is 5.61. The lowest BCUT2D eigenvalue weighted by Crippen LogP contribution is -2.23. The third kappa shape index (κ3) is 3.27. The second-order valence-electron chi connectivity index (χ2n) is 5.07. The maximum absolute atomic E-state index is 12.1. The number of hydrogen-bond acceptors (Lipinski definition) is 4. The number of carbonyl (C=O) groups is 1. The van der Waals surface area contributed by atoms with Crippen LogP contribution in [0.2, 0.25) is 0 Å². The Morgan fingerprint density at radius 3 is 2.80 bits per heavy atom. The van der Waals surface area contributed by atoms with Crippen LogP contribution < -0.4 is 10.5 Å². The number of thiophene rings is 1. The van der Waals surface area contributed by atoms with E-state index >= 15 is 0 Å². The van der Waals surface area contributed by atoms with Crippen molar-refractivity contribution in [3.63, 3.8) is 0 Å².